The molecular weight excluding hydrogens is 442 g/mol. The molecule has 5 rings (SSSR count). The van der Waals surface area contributed by atoms with Gasteiger partial charge >= 0.3 is 0 Å². The predicted molar refractivity (Wildman–Crippen MR) is 133 cm³/mol. The number of aromatic hydroxyl groups is 1. The Balaban J connectivity index is 1.74. The summed E-state index contributed by atoms with van der Waals surface area (Å²) in [7, 11) is 4.79. The molecular formula is C28H27N3O4. The van der Waals surface area contributed by atoms with Crippen molar-refractivity contribution in [1.82, 2.24) is 14.7 Å². The zero-order valence-corrected chi connectivity index (χ0v) is 20.1. The fourth-order valence-electron chi connectivity index (χ4n) is 4.75. The maximum Gasteiger partial charge on any atom is 0.273 e. The van der Waals surface area contributed by atoms with Crippen LogP contribution in [0.3, 0.4) is 0 Å². The number of aryl methyl sites for hydroxylation is 2. The number of carbonyl (C=O) groups excluding carboxylic acids is 1. The number of phenolic OH excluding ortho intramolecular Hbond substituents is 1. The Morgan fingerprint density at radius 3 is 2.20 bits per heavy atom. The Morgan fingerprint density at radius 2 is 1.60 bits per heavy atom. The summed E-state index contributed by atoms with van der Waals surface area (Å²) in [5.74, 6) is 0.373. The molecule has 0 radical (unpaired) electrons. The molecule has 0 aliphatic carbocycles. The molecule has 3 aromatic carbocycles. The Hall–Kier alpha value is -4.26. The zero-order chi connectivity index (χ0) is 24.7. The SMILES string of the molecule is COc1cc(C2c3c(-c4ccc(C)cc4)nn(C)c3C(=O)N2Cc2ccccc2)cc(OC)c1O. The molecule has 1 aromatic heterocycles. The van der Waals surface area contributed by atoms with Crippen LogP contribution in [0.15, 0.2) is 66.7 Å². The monoisotopic (exact) mass is 469 g/mol. The quantitative estimate of drug-likeness (QED) is 0.436. The lowest BCUT2D eigenvalue weighted by Gasteiger charge is -2.27. The number of carbonyl (C=O) groups is 1. The number of hydrogen-bond donors (Lipinski definition) is 1. The first-order valence-corrected chi connectivity index (χ1v) is 11.4. The van der Waals surface area contributed by atoms with E-state index in [-0.39, 0.29) is 23.2 Å². The van der Waals surface area contributed by atoms with Gasteiger partial charge in [-0.15, -0.1) is 0 Å². The van der Waals surface area contributed by atoms with Crippen molar-refractivity contribution in [3.05, 3.63) is 94.7 Å². The fraction of sp³-hybridized carbons (Fsp3) is 0.214. The third-order valence-electron chi connectivity index (χ3n) is 6.47. The molecule has 35 heavy (non-hydrogen) atoms. The highest BCUT2D eigenvalue weighted by Gasteiger charge is 2.44. The maximum absolute atomic E-state index is 13.8. The van der Waals surface area contributed by atoms with Gasteiger partial charge in [0.1, 0.15) is 5.69 Å². The second-order valence-corrected chi connectivity index (χ2v) is 8.70. The summed E-state index contributed by atoms with van der Waals surface area (Å²) in [6.07, 6.45) is 0. The van der Waals surface area contributed by atoms with Crippen LogP contribution in [-0.4, -0.2) is 39.9 Å². The van der Waals surface area contributed by atoms with Crippen LogP contribution < -0.4 is 9.47 Å². The van der Waals surface area contributed by atoms with Crippen molar-refractivity contribution in [3.8, 4) is 28.5 Å². The van der Waals surface area contributed by atoms with E-state index >= 15 is 0 Å². The van der Waals surface area contributed by atoms with Crippen LogP contribution in [0.2, 0.25) is 0 Å². The number of amides is 1. The molecule has 1 N–H and O–H groups in total. The van der Waals surface area contributed by atoms with Gasteiger partial charge < -0.3 is 19.5 Å². The number of fused-ring (bicyclic) bond motifs is 1. The van der Waals surface area contributed by atoms with Crippen LogP contribution in [-0.2, 0) is 13.6 Å². The van der Waals surface area contributed by atoms with E-state index in [0.29, 0.717) is 12.2 Å². The number of rotatable bonds is 6. The predicted octanol–water partition coefficient (Wildman–Crippen LogP) is 4.86. The van der Waals surface area contributed by atoms with Gasteiger partial charge in [0.15, 0.2) is 11.5 Å². The fourth-order valence-corrected chi connectivity index (χ4v) is 4.75. The number of nitrogens with zero attached hydrogens (tertiary/aromatic N) is 3. The topological polar surface area (TPSA) is 76.8 Å². The molecule has 178 valence electrons. The third-order valence-corrected chi connectivity index (χ3v) is 6.47. The van der Waals surface area contributed by atoms with Gasteiger partial charge in [0, 0.05) is 24.7 Å². The molecule has 1 atom stereocenters. The number of hydrogen-bond acceptors (Lipinski definition) is 5. The van der Waals surface area contributed by atoms with Crippen molar-refractivity contribution in [2.24, 2.45) is 7.05 Å². The molecule has 0 fully saturated rings. The molecule has 1 aliphatic heterocycles. The number of benzene rings is 3. The molecule has 0 bridgehead atoms. The Morgan fingerprint density at radius 1 is 0.971 bits per heavy atom. The highest BCUT2D eigenvalue weighted by molar-refractivity contribution is 6.00. The van der Waals surface area contributed by atoms with E-state index in [1.54, 1.807) is 23.9 Å². The number of methoxy groups -OCH3 is 2. The van der Waals surface area contributed by atoms with Crippen molar-refractivity contribution in [2.45, 2.75) is 19.5 Å². The first-order chi connectivity index (χ1) is 16.9. The van der Waals surface area contributed by atoms with Crippen LogP contribution in [0.1, 0.15) is 38.8 Å². The minimum atomic E-state index is -0.453. The zero-order valence-electron chi connectivity index (χ0n) is 20.1. The van der Waals surface area contributed by atoms with Gasteiger partial charge in [-0.25, -0.2) is 0 Å². The van der Waals surface area contributed by atoms with Crippen molar-refractivity contribution in [2.75, 3.05) is 14.2 Å². The largest absolute Gasteiger partial charge is 0.502 e. The van der Waals surface area contributed by atoms with E-state index in [2.05, 4.69) is 0 Å². The highest BCUT2D eigenvalue weighted by Crippen LogP contribution is 2.48. The van der Waals surface area contributed by atoms with E-state index in [1.165, 1.54) is 14.2 Å². The van der Waals surface area contributed by atoms with Crippen LogP contribution in [0.5, 0.6) is 17.2 Å². The Labute approximate surface area is 204 Å². The van der Waals surface area contributed by atoms with Crippen LogP contribution in [0.25, 0.3) is 11.3 Å². The second-order valence-electron chi connectivity index (χ2n) is 8.70. The van der Waals surface area contributed by atoms with Crippen molar-refractivity contribution >= 4 is 5.91 Å². The molecule has 7 heteroatoms. The van der Waals surface area contributed by atoms with Gasteiger partial charge in [0.25, 0.3) is 5.91 Å². The molecule has 0 saturated heterocycles. The molecule has 1 amide bonds. The molecule has 4 aromatic rings. The van der Waals surface area contributed by atoms with Crippen molar-refractivity contribution in [1.29, 1.82) is 0 Å². The Kier molecular flexibility index (Phi) is 5.68. The lowest BCUT2D eigenvalue weighted by Crippen LogP contribution is -2.29. The lowest BCUT2D eigenvalue weighted by atomic mass is 9.95. The maximum atomic E-state index is 13.8. The second kappa shape index (κ2) is 8.83. The molecule has 7 nitrogen and oxygen atoms in total. The summed E-state index contributed by atoms with van der Waals surface area (Å²) in [6, 6.07) is 21.1. The first-order valence-electron chi connectivity index (χ1n) is 11.4. The minimum Gasteiger partial charge on any atom is -0.502 e. The van der Waals surface area contributed by atoms with E-state index in [0.717, 1.165) is 33.5 Å². The van der Waals surface area contributed by atoms with Crippen LogP contribution in [0.4, 0.5) is 0 Å². The average Bonchev–Trinajstić information content (AvgIpc) is 3.35. The van der Waals surface area contributed by atoms with E-state index in [1.807, 2.05) is 66.4 Å². The highest BCUT2D eigenvalue weighted by atomic mass is 16.5. The summed E-state index contributed by atoms with van der Waals surface area (Å²) < 4.78 is 12.5. The van der Waals surface area contributed by atoms with Crippen molar-refractivity contribution < 1.29 is 19.4 Å². The van der Waals surface area contributed by atoms with Crippen LogP contribution in [0, 0.1) is 6.92 Å². The van der Waals surface area contributed by atoms with Gasteiger partial charge in [-0.2, -0.15) is 5.10 Å². The smallest absolute Gasteiger partial charge is 0.273 e. The molecule has 2 heterocycles. The summed E-state index contributed by atoms with van der Waals surface area (Å²) in [6.45, 7) is 2.45. The summed E-state index contributed by atoms with van der Waals surface area (Å²) in [5, 5.41) is 15.3. The minimum absolute atomic E-state index is 0.0807. The van der Waals surface area contributed by atoms with Gasteiger partial charge in [-0.05, 0) is 30.2 Å². The standard InChI is InChI=1S/C28H27N3O4/c1-17-10-12-19(13-11-17)24-23-25(20-14-21(34-3)27(32)22(15-20)35-4)31(16-18-8-6-5-7-9-18)28(33)26(23)30(2)29-24/h5-15,25,32H,16H2,1-4H3. The molecule has 0 spiro atoms. The van der Waals surface area contributed by atoms with Gasteiger partial charge in [0.2, 0.25) is 5.75 Å². The number of phenols is 1. The van der Waals surface area contributed by atoms with Gasteiger partial charge in [-0.3, -0.25) is 9.48 Å². The average molecular weight is 470 g/mol. The van der Waals surface area contributed by atoms with E-state index in [9.17, 15) is 9.90 Å². The van der Waals surface area contributed by atoms with Gasteiger partial charge in [0.05, 0.1) is 26.0 Å². The lowest BCUT2D eigenvalue weighted by molar-refractivity contribution is 0.0725. The summed E-state index contributed by atoms with van der Waals surface area (Å²) >= 11 is 0. The molecule has 1 unspecified atom stereocenters. The summed E-state index contributed by atoms with van der Waals surface area (Å²) in [4.78, 5) is 15.7. The first kappa shape index (κ1) is 22.5. The number of aromatic nitrogens is 2. The van der Waals surface area contributed by atoms with Crippen LogP contribution >= 0.6 is 0 Å². The molecule has 0 saturated carbocycles. The molecule has 1 aliphatic rings. The normalized spacial score (nSPS) is 14.8. The number of ether oxygens (including phenoxy) is 2. The van der Waals surface area contributed by atoms with Crippen molar-refractivity contribution in [3.63, 3.8) is 0 Å². The van der Waals surface area contributed by atoms with E-state index < -0.39 is 6.04 Å². The third kappa shape index (κ3) is 3.79. The van der Waals surface area contributed by atoms with E-state index in [4.69, 9.17) is 14.6 Å². The summed E-state index contributed by atoms with van der Waals surface area (Å²) in [5.41, 5.74) is 5.99. The van der Waals surface area contributed by atoms with Gasteiger partial charge in [-0.1, -0.05) is 60.2 Å². The Bertz CT molecular complexity index is 1370.